The van der Waals surface area contributed by atoms with Crippen LogP contribution in [0.1, 0.15) is 22.9 Å². The van der Waals surface area contributed by atoms with Gasteiger partial charge >= 0.3 is 6.18 Å². The van der Waals surface area contributed by atoms with E-state index < -0.39 is 29.2 Å². The second kappa shape index (κ2) is 5.65. The normalized spacial score (nSPS) is 13.0. The zero-order valence-corrected chi connectivity index (χ0v) is 10.9. The summed E-state index contributed by atoms with van der Waals surface area (Å²) in [7, 11) is 1.29. The minimum Gasteiger partial charge on any atom is -0.480 e. The van der Waals surface area contributed by atoms with E-state index in [0.717, 1.165) is 12.1 Å². The quantitative estimate of drug-likeness (QED) is 0.885. The van der Waals surface area contributed by atoms with E-state index in [4.69, 9.17) is 10.5 Å². The van der Waals surface area contributed by atoms with Crippen molar-refractivity contribution in [3.05, 3.63) is 53.2 Å². The van der Waals surface area contributed by atoms with Gasteiger partial charge in [-0.3, -0.25) is 4.98 Å². The molecular weight excluding hydrogens is 290 g/mol. The van der Waals surface area contributed by atoms with Crippen LogP contribution < -0.4 is 10.5 Å². The molecule has 1 unspecified atom stereocenters. The van der Waals surface area contributed by atoms with Crippen molar-refractivity contribution in [3.63, 3.8) is 0 Å². The van der Waals surface area contributed by atoms with E-state index in [1.54, 1.807) is 0 Å². The monoisotopic (exact) mass is 301 g/mol. The molecule has 0 aliphatic heterocycles. The van der Waals surface area contributed by atoms with Crippen LogP contribution in [0.4, 0.5) is 17.6 Å². The molecule has 0 amide bonds. The highest BCUT2D eigenvalue weighted by molar-refractivity contribution is 5.39. The van der Waals surface area contributed by atoms with E-state index in [2.05, 4.69) is 9.97 Å². The van der Waals surface area contributed by atoms with Gasteiger partial charge in [-0.05, 0) is 23.8 Å². The van der Waals surface area contributed by atoms with E-state index in [1.807, 2.05) is 0 Å². The zero-order valence-electron chi connectivity index (χ0n) is 10.9. The van der Waals surface area contributed by atoms with Crippen LogP contribution in [0.5, 0.6) is 5.88 Å². The maximum Gasteiger partial charge on any atom is 0.416 e. The number of halogens is 4. The van der Waals surface area contributed by atoms with Crippen molar-refractivity contribution in [2.75, 3.05) is 7.11 Å². The predicted molar refractivity (Wildman–Crippen MR) is 66.0 cm³/mol. The van der Waals surface area contributed by atoms with Gasteiger partial charge in [0.1, 0.15) is 11.5 Å². The second-order valence-corrected chi connectivity index (χ2v) is 4.16. The Morgan fingerprint density at radius 3 is 2.48 bits per heavy atom. The van der Waals surface area contributed by atoms with Crippen LogP contribution in [-0.4, -0.2) is 17.1 Å². The third-order valence-electron chi connectivity index (χ3n) is 2.83. The first-order chi connectivity index (χ1) is 9.84. The molecule has 1 aromatic carbocycles. The molecule has 2 N–H and O–H groups in total. The molecule has 0 fully saturated rings. The molecule has 2 aromatic rings. The van der Waals surface area contributed by atoms with Crippen molar-refractivity contribution in [1.29, 1.82) is 0 Å². The zero-order chi connectivity index (χ0) is 15.6. The van der Waals surface area contributed by atoms with E-state index in [0.29, 0.717) is 6.07 Å². The van der Waals surface area contributed by atoms with E-state index in [9.17, 15) is 17.6 Å². The van der Waals surface area contributed by atoms with Gasteiger partial charge in [-0.15, -0.1) is 0 Å². The summed E-state index contributed by atoms with van der Waals surface area (Å²) in [6, 6.07) is 0.794. The van der Waals surface area contributed by atoms with Gasteiger partial charge in [-0.25, -0.2) is 9.37 Å². The number of alkyl halides is 3. The van der Waals surface area contributed by atoms with E-state index in [-0.39, 0.29) is 11.6 Å². The number of aromatic nitrogens is 2. The first-order valence-electron chi connectivity index (χ1n) is 5.81. The first-order valence-corrected chi connectivity index (χ1v) is 5.81. The summed E-state index contributed by atoms with van der Waals surface area (Å²) in [6.07, 6.45) is -2.08. The largest absolute Gasteiger partial charge is 0.480 e. The van der Waals surface area contributed by atoms with Crippen LogP contribution in [0, 0.1) is 5.82 Å². The molecule has 0 aliphatic carbocycles. The number of hydrogen-bond donors (Lipinski definition) is 1. The summed E-state index contributed by atoms with van der Waals surface area (Å²) in [4.78, 5) is 7.69. The summed E-state index contributed by atoms with van der Waals surface area (Å²) < 4.78 is 57.2. The Bertz CT molecular complexity index is 646. The van der Waals surface area contributed by atoms with Crippen molar-refractivity contribution >= 4 is 0 Å². The van der Waals surface area contributed by atoms with E-state index >= 15 is 0 Å². The van der Waals surface area contributed by atoms with Crippen LogP contribution in [0.25, 0.3) is 0 Å². The van der Waals surface area contributed by atoms with Crippen LogP contribution in [0.3, 0.4) is 0 Å². The molecule has 0 saturated carbocycles. The Morgan fingerprint density at radius 1 is 1.19 bits per heavy atom. The lowest BCUT2D eigenvalue weighted by Crippen LogP contribution is -2.20. The number of hydrogen-bond acceptors (Lipinski definition) is 4. The minimum absolute atomic E-state index is 0.00361. The smallest absolute Gasteiger partial charge is 0.416 e. The van der Waals surface area contributed by atoms with Gasteiger partial charge in [0, 0.05) is 12.4 Å². The van der Waals surface area contributed by atoms with Gasteiger partial charge in [0.2, 0.25) is 5.88 Å². The van der Waals surface area contributed by atoms with Gasteiger partial charge < -0.3 is 10.5 Å². The standard InChI is InChI=1S/C13H11F4N3O/c1-21-12-11(19-4-5-20-12)10(18)8-6-7(14)2-3-9(8)13(15,16)17/h2-6,10H,18H2,1H3. The number of benzene rings is 1. The summed E-state index contributed by atoms with van der Waals surface area (Å²) in [5.74, 6) is -0.835. The Hall–Kier alpha value is -2.22. The van der Waals surface area contributed by atoms with E-state index in [1.165, 1.54) is 19.5 Å². The highest BCUT2D eigenvalue weighted by Gasteiger charge is 2.36. The molecule has 0 bridgehead atoms. The van der Waals surface area contributed by atoms with Crippen LogP contribution in [-0.2, 0) is 6.18 Å². The highest BCUT2D eigenvalue weighted by Crippen LogP contribution is 2.36. The van der Waals surface area contributed by atoms with Crippen molar-refractivity contribution in [2.24, 2.45) is 5.73 Å². The SMILES string of the molecule is COc1nccnc1C(N)c1cc(F)ccc1C(F)(F)F. The number of nitrogens with zero attached hydrogens (tertiary/aromatic N) is 2. The number of ether oxygens (including phenoxy) is 1. The molecule has 112 valence electrons. The summed E-state index contributed by atoms with van der Waals surface area (Å²) in [5, 5.41) is 0. The first kappa shape index (κ1) is 15.2. The molecular formula is C13H11F4N3O. The molecule has 1 aromatic heterocycles. The minimum atomic E-state index is -4.66. The second-order valence-electron chi connectivity index (χ2n) is 4.16. The van der Waals surface area contributed by atoms with Crippen LogP contribution in [0.2, 0.25) is 0 Å². The van der Waals surface area contributed by atoms with Gasteiger partial charge in [-0.2, -0.15) is 13.2 Å². The number of nitrogens with two attached hydrogens (primary N) is 1. The van der Waals surface area contributed by atoms with Gasteiger partial charge in [0.15, 0.2) is 0 Å². The summed E-state index contributed by atoms with van der Waals surface area (Å²) in [6.45, 7) is 0. The molecule has 2 rings (SSSR count). The molecule has 4 nitrogen and oxygen atoms in total. The van der Waals surface area contributed by atoms with Gasteiger partial charge in [-0.1, -0.05) is 0 Å². The lowest BCUT2D eigenvalue weighted by atomic mass is 9.98. The topological polar surface area (TPSA) is 61.0 Å². The average molecular weight is 301 g/mol. The predicted octanol–water partition coefficient (Wildman–Crippen LogP) is 2.69. The van der Waals surface area contributed by atoms with Crippen molar-refractivity contribution in [2.45, 2.75) is 12.2 Å². The Morgan fingerprint density at radius 2 is 1.86 bits per heavy atom. The van der Waals surface area contributed by atoms with Crippen molar-refractivity contribution in [1.82, 2.24) is 9.97 Å². The third kappa shape index (κ3) is 3.10. The average Bonchev–Trinajstić information content (AvgIpc) is 2.45. The fraction of sp³-hybridized carbons (Fsp3) is 0.231. The molecule has 1 atom stereocenters. The fourth-order valence-corrected chi connectivity index (χ4v) is 1.90. The lowest BCUT2D eigenvalue weighted by Gasteiger charge is -2.19. The molecule has 0 saturated heterocycles. The summed E-state index contributed by atoms with van der Waals surface area (Å²) in [5.41, 5.74) is 4.35. The fourth-order valence-electron chi connectivity index (χ4n) is 1.90. The van der Waals surface area contributed by atoms with Crippen LogP contribution in [0.15, 0.2) is 30.6 Å². The Kier molecular flexibility index (Phi) is 4.08. The number of methoxy groups -OCH3 is 1. The van der Waals surface area contributed by atoms with Crippen molar-refractivity contribution in [3.8, 4) is 5.88 Å². The van der Waals surface area contributed by atoms with Crippen molar-refractivity contribution < 1.29 is 22.3 Å². The van der Waals surface area contributed by atoms with Gasteiger partial charge in [0.05, 0.1) is 18.7 Å². The maximum absolute atomic E-state index is 13.3. The number of rotatable bonds is 3. The molecule has 21 heavy (non-hydrogen) atoms. The van der Waals surface area contributed by atoms with Crippen LogP contribution >= 0.6 is 0 Å². The van der Waals surface area contributed by atoms with Gasteiger partial charge in [0.25, 0.3) is 0 Å². The Balaban J connectivity index is 2.57. The molecule has 8 heteroatoms. The molecule has 0 aliphatic rings. The lowest BCUT2D eigenvalue weighted by molar-refractivity contribution is -0.138. The Labute approximate surface area is 117 Å². The highest BCUT2D eigenvalue weighted by atomic mass is 19.4. The molecule has 0 radical (unpaired) electrons. The maximum atomic E-state index is 13.3. The molecule has 1 heterocycles. The third-order valence-corrected chi connectivity index (χ3v) is 2.83. The summed E-state index contributed by atoms with van der Waals surface area (Å²) >= 11 is 0. The molecule has 0 spiro atoms.